The highest BCUT2D eigenvalue weighted by atomic mass is 33.1. The van der Waals surface area contributed by atoms with E-state index in [0.29, 0.717) is 30.1 Å². The smallest absolute Gasteiger partial charge is 0.411 e. The van der Waals surface area contributed by atoms with E-state index in [1.807, 2.05) is 66.7 Å². The van der Waals surface area contributed by atoms with Gasteiger partial charge >= 0.3 is 12.2 Å². The molecule has 2 amide bonds. The number of carbonyl (C=O) groups excluding carboxylic acids is 2. The van der Waals surface area contributed by atoms with Crippen LogP contribution in [0.4, 0.5) is 21.0 Å². The van der Waals surface area contributed by atoms with Crippen molar-refractivity contribution in [2.75, 3.05) is 35.9 Å². The molecule has 1 aromatic heterocycles. The predicted molar refractivity (Wildman–Crippen MR) is 160 cm³/mol. The third kappa shape index (κ3) is 7.22. The normalized spacial score (nSPS) is 11.4. The Morgan fingerprint density at radius 3 is 2.02 bits per heavy atom. The minimum atomic E-state index is -3.17. The molecule has 0 aliphatic heterocycles. The molecule has 0 saturated carbocycles. The van der Waals surface area contributed by atoms with Crippen LogP contribution in [0.2, 0.25) is 0 Å². The second kappa shape index (κ2) is 13.0. The number of nitrogens with zero attached hydrogens (tertiary/aromatic N) is 1. The van der Waals surface area contributed by atoms with Crippen molar-refractivity contribution in [2.24, 2.45) is 0 Å². The fourth-order valence-corrected chi connectivity index (χ4v) is 6.33. The van der Waals surface area contributed by atoms with Crippen LogP contribution in [-0.4, -0.2) is 45.8 Å². The van der Waals surface area contributed by atoms with Crippen molar-refractivity contribution >= 4 is 64.9 Å². The Hall–Kier alpha value is -3.83. The van der Waals surface area contributed by atoms with E-state index in [-0.39, 0.29) is 13.2 Å². The van der Waals surface area contributed by atoms with Crippen molar-refractivity contribution < 1.29 is 32.0 Å². The molecule has 0 aliphatic rings. The summed E-state index contributed by atoms with van der Waals surface area (Å²) in [5.41, 5.74) is 3.86. The first-order valence-electron chi connectivity index (χ1n) is 12.9. The second-order valence-electron chi connectivity index (χ2n) is 8.93. The van der Waals surface area contributed by atoms with Gasteiger partial charge in [0.25, 0.3) is 0 Å². The van der Waals surface area contributed by atoms with E-state index < -0.39 is 21.1 Å². The number of rotatable bonds is 10. The van der Waals surface area contributed by atoms with Crippen LogP contribution in [0.5, 0.6) is 0 Å². The fraction of sp³-hybridized carbons (Fsp3) is 0.276. The number of nitrogens with one attached hydrogen (secondary N) is 2. The van der Waals surface area contributed by atoms with Gasteiger partial charge in [-0.25, -0.2) is 18.0 Å². The molecule has 0 atom stereocenters. The minimum Gasteiger partial charge on any atom is -0.450 e. The van der Waals surface area contributed by atoms with Crippen LogP contribution >= 0.6 is 10.8 Å². The standard InChI is InChI=1S/C29H31N3O6S2/c1-4-37-28(33)30-21-12-14-23-24-15-13-22(31-29(34)38-5-2)19-26(24)32(16-9-17-39-40(3,35)36)27(25(23)18-21)20-10-7-6-8-11-20/h6-8,10-15,18-19H,4-5,9,16-17H2,1-3H3,(H,30,33)/p+1. The second-order valence-corrected chi connectivity index (χ2v) is 13.5. The molecule has 40 heavy (non-hydrogen) atoms. The molecule has 0 saturated heterocycles. The summed E-state index contributed by atoms with van der Waals surface area (Å²) in [7, 11) is -2.25. The number of amides is 2. The van der Waals surface area contributed by atoms with E-state index >= 15 is 0 Å². The van der Waals surface area contributed by atoms with E-state index in [9.17, 15) is 18.0 Å². The molecule has 0 fully saturated rings. The largest absolute Gasteiger partial charge is 0.450 e. The monoisotopic (exact) mass is 582 g/mol. The van der Waals surface area contributed by atoms with E-state index in [1.54, 1.807) is 13.8 Å². The lowest BCUT2D eigenvalue weighted by molar-refractivity contribution is -0.659. The first-order valence-corrected chi connectivity index (χ1v) is 16.3. The molecule has 0 radical (unpaired) electrons. The summed E-state index contributed by atoms with van der Waals surface area (Å²) >= 11 is 0. The van der Waals surface area contributed by atoms with Gasteiger partial charge in [-0.05, 0) is 61.0 Å². The van der Waals surface area contributed by atoms with Crippen LogP contribution in [0.15, 0.2) is 66.7 Å². The van der Waals surface area contributed by atoms with Crippen molar-refractivity contribution in [2.45, 2.75) is 26.8 Å². The number of aromatic nitrogens is 1. The van der Waals surface area contributed by atoms with Gasteiger partial charge < -0.3 is 9.47 Å². The molecule has 0 unspecified atom stereocenters. The molecule has 0 bridgehead atoms. The van der Waals surface area contributed by atoms with E-state index in [4.69, 9.17) is 9.47 Å². The molecule has 0 spiro atoms. The van der Waals surface area contributed by atoms with Crippen LogP contribution in [-0.2, 0) is 24.9 Å². The zero-order valence-electron chi connectivity index (χ0n) is 22.6. The zero-order chi connectivity index (χ0) is 28.7. The SMILES string of the molecule is CCOC(=O)Nc1ccc2c(c1)c(-c1ccccc1)[n+](CCCSS(C)(=O)=O)c1cc(NC(=O)OCC)ccc21. The summed E-state index contributed by atoms with van der Waals surface area (Å²) in [5, 5.41) is 8.35. The van der Waals surface area contributed by atoms with Gasteiger partial charge in [-0.15, -0.1) is 0 Å². The van der Waals surface area contributed by atoms with Crippen molar-refractivity contribution in [3.8, 4) is 11.3 Å². The maximum atomic E-state index is 12.2. The predicted octanol–water partition coefficient (Wildman–Crippen LogP) is 6.17. The summed E-state index contributed by atoms with van der Waals surface area (Å²) in [6.07, 6.45) is 0.705. The van der Waals surface area contributed by atoms with Gasteiger partial charge in [-0.3, -0.25) is 10.6 Å². The Labute approximate surface area is 237 Å². The molecule has 4 rings (SSSR count). The van der Waals surface area contributed by atoms with Crippen LogP contribution in [0.25, 0.3) is 32.9 Å². The zero-order valence-corrected chi connectivity index (χ0v) is 24.2. The highest BCUT2D eigenvalue weighted by Gasteiger charge is 2.24. The third-order valence-corrected chi connectivity index (χ3v) is 8.71. The van der Waals surface area contributed by atoms with Crippen LogP contribution in [0, 0.1) is 0 Å². The molecule has 9 nitrogen and oxygen atoms in total. The molecule has 210 valence electrons. The van der Waals surface area contributed by atoms with Crippen molar-refractivity contribution in [3.05, 3.63) is 66.7 Å². The fourth-order valence-electron chi connectivity index (χ4n) is 4.52. The van der Waals surface area contributed by atoms with Gasteiger partial charge in [-0.1, -0.05) is 24.3 Å². The Kier molecular flexibility index (Phi) is 9.49. The Morgan fingerprint density at radius 2 is 1.43 bits per heavy atom. The topological polar surface area (TPSA) is 115 Å². The van der Waals surface area contributed by atoms with Crippen molar-refractivity contribution in [1.29, 1.82) is 0 Å². The van der Waals surface area contributed by atoms with Gasteiger partial charge in [-0.2, -0.15) is 4.57 Å². The van der Waals surface area contributed by atoms with Crippen LogP contribution in [0.1, 0.15) is 20.3 Å². The van der Waals surface area contributed by atoms with Gasteiger partial charge in [0.2, 0.25) is 11.2 Å². The quantitative estimate of drug-likeness (QED) is 0.0995. The van der Waals surface area contributed by atoms with E-state index in [0.717, 1.165) is 43.7 Å². The number of fused-ring (bicyclic) bond motifs is 3. The maximum Gasteiger partial charge on any atom is 0.411 e. The summed E-state index contributed by atoms with van der Waals surface area (Å²) in [6.45, 7) is 4.51. The Morgan fingerprint density at radius 1 is 0.825 bits per heavy atom. The number of carbonyl (C=O) groups is 2. The van der Waals surface area contributed by atoms with E-state index in [2.05, 4.69) is 15.2 Å². The molecule has 0 aliphatic carbocycles. The number of hydrogen-bond donors (Lipinski definition) is 2. The molecular weight excluding hydrogens is 550 g/mol. The average Bonchev–Trinajstić information content (AvgIpc) is 2.91. The summed E-state index contributed by atoms with van der Waals surface area (Å²) < 4.78 is 35.8. The van der Waals surface area contributed by atoms with Gasteiger partial charge in [0.1, 0.15) is 0 Å². The number of benzene rings is 3. The Balaban J connectivity index is 1.95. The van der Waals surface area contributed by atoms with E-state index in [1.165, 1.54) is 6.26 Å². The number of pyridine rings is 1. The number of anilines is 2. The van der Waals surface area contributed by atoms with Crippen molar-refractivity contribution in [3.63, 3.8) is 0 Å². The molecule has 1 heterocycles. The minimum absolute atomic E-state index is 0.252. The molecule has 11 heteroatoms. The molecule has 4 aromatic rings. The van der Waals surface area contributed by atoms with Crippen LogP contribution < -0.4 is 15.2 Å². The van der Waals surface area contributed by atoms with Gasteiger partial charge in [0, 0.05) is 41.1 Å². The number of ether oxygens (including phenoxy) is 2. The third-order valence-electron chi connectivity index (χ3n) is 6.04. The maximum absolute atomic E-state index is 12.2. The summed E-state index contributed by atoms with van der Waals surface area (Å²) in [6, 6.07) is 21.2. The van der Waals surface area contributed by atoms with Gasteiger partial charge in [0.05, 0.1) is 29.7 Å². The van der Waals surface area contributed by atoms with Crippen molar-refractivity contribution in [1.82, 2.24) is 0 Å². The lowest BCUT2D eigenvalue weighted by atomic mass is 9.98. The summed E-state index contributed by atoms with van der Waals surface area (Å²) in [5.74, 6) is 0.421. The summed E-state index contributed by atoms with van der Waals surface area (Å²) in [4.78, 5) is 24.3. The van der Waals surface area contributed by atoms with Gasteiger partial charge in [0.15, 0.2) is 15.4 Å². The highest BCUT2D eigenvalue weighted by molar-refractivity contribution is 8.71. The lowest BCUT2D eigenvalue weighted by Crippen LogP contribution is -2.38. The lowest BCUT2D eigenvalue weighted by Gasteiger charge is -2.15. The van der Waals surface area contributed by atoms with Crippen LogP contribution in [0.3, 0.4) is 0 Å². The Bertz CT molecular complexity index is 1640. The number of hydrogen-bond acceptors (Lipinski definition) is 7. The first-order chi connectivity index (χ1) is 19.2. The number of aryl methyl sites for hydroxylation is 1. The highest BCUT2D eigenvalue weighted by Crippen LogP contribution is 2.34. The molecular formula is C29H32N3O6S2+. The molecule has 3 aromatic carbocycles. The average molecular weight is 583 g/mol. The molecule has 2 N–H and O–H groups in total. The first kappa shape index (κ1) is 29.2.